The van der Waals surface area contributed by atoms with E-state index in [1.807, 2.05) is 6.92 Å². The maximum atomic E-state index is 7.73. The van der Waals surface area contributed by atoms with E-state index in [0.717, 1.165) is 5.71 Å². The van der Waals surface area contributed by atoms with E-state index in [4.69, 9.17) is 5.41 Å². The van der Waals surface area contributed by atoms with E-state index in [-0.39, 0.29) is 12.2 Å². The number of nitrogens with one attached hydrogen (secondary N) is 3. The standard InChI is InChI=1S/C15H23N3/c1-3-4-5-12-6-8-13(9-7-12)15-17-10-14(16)11(2)18-15/h6-9,11,15-18H,3-5,10H2,1-2H3. The summed E-state index contributed by atoms with van der Waals surface area (Å²) in [6.07, 6.45) is 3.85. The largest absolute Gasteiger partial charge is 0.307 e. The van der Waals surface area contributed by atoms with Crippen LogP contribution in [0.25, 0.3) is 0 Å². The third kappa shape index (κ3) is 3.18. The van der Waals surface area contributed by atoms with E-state index in [1.165, 1.54) is 30.4 Å². The summed E-state index contributed by atoms with van der Waals surface area (Å²) in [5.41, 5.74) is 3.40. The molecule has 0 saturated carbocycles. The fraction of sp³-hybridized carbons (Fsp3) is 0.533. The first-order chi connectivity index (χ1) is 8.70. The number of hydrogen-bond donors (Lipinski definition) is 3. The number of benzene rings is 1. The lowest BCUT2D eigenvalue weighted by atomic mass is 10.0. The van der Waals surface area contributed by atoms with Gasteiger partial charge in [0.1, 0.15) is 0 Å². The van der Waals surface area contributed by atoms with Crippen LogP contribution in [0.15, 0.2) is 24.3 Å². The van der Waals surface area contributed by atoms with Crippen LogP contribution in [-0.2, 0) is 6.42 Å². The summed E-state index contributed by atoms with van der Waals surface area (Å²) in [7, 11) is 0. The summed E-state index contributed by atoms with van der Waals surface area (Å²) in [4.78, 5) is 0. The summed E-state index contributed by atoms with van der Waals surface area (Å²) in [5.74, 6) is 0. The van der Waals surface area contributed by atoms with Crippen molar-refractivity contribution >= 4 is 5.71 Å². The highest BCUT2D eigenvalue weighted by Gasteiger charge is 2.21. The Morgan fingerprint density at radius 1 is 1.28 bits per heavy atom. The smallest absolute Gasteiger partial charge is 0.0843 e. The van der Waals surface area contributed by atoms with Crippen LogP contribution in [0, 0.1) is 5.41 Å². The van der Waals surface area contributed by atoms with Gasteiger partial charge >= 0.3 is 0 Å². The first-order valence-corrected chi connectivity index (χ1v) is 6.86. The van der Waals surface area contributed by atoms with Crippen molar-refractivity contribution in [2.45, 2.75) is 45.3 Å². The van der Waals surface area contributed by atoms with E-state index in [0.29, 0.717) is 6.54 Å². The van der Waals surface area contributed by atoms with Crippen LogP contribution < -0.4 is 10.6 Å². The summed E-state index contributed by atoms with van der Waals surface area (Å²) in [6.45, 7) is 4.95. The second-order valence-corrected chi connectivity index (χ2v) is 5.07. The minimum Gasteiger partial charge on any atom is -0.307 e. The highest BCUT2D eigenvalue weighted by atomic mass is 15.2. The van der Waals surface area contributed by atoms with Gasteiger partial charge in [0.15, 0.2) is 0 Å². The molecule has 1 aromatic carbocycles. The van der Waals surface area contributed by atoms with Gasteiger partial charge in [-0.05, 0) is 30.9 Å². The van der Waals surface area contributed by atoms with Crippen LogP contribution in [0.3, 0.4) is 0 Å². The molecule has 1 fully saturated rings. The van der Waals surface area contributed by atoms with Crippen LogP contribution in [0.4, 0.5) is 0 Å². The molecular weight excluding hydrogens is 222 g/mol. The van der Waals surface area contributed by atoms with Gasteiger partial charge in [-0.3, -0.25) is 10.6 Å². The Labute approximate surface area is 109 Å². The Bertz CT molecular complexity index is 397. The van der Waals surface area contributed by atoms with Crippen molar-refractivity contribution in [1.82, 2.24) is 10.6 Å². The van der Waals surface area contributed by atoms with Crippen LogP contribution >= 0.6 is 0 Å². The molecule has 0 bridgehead atoms. The van der Waals surface area contributed by atoms with Crippen molar-refractivity contribution in [2.24, 2.45) is 0 Å². The lowest BCUT2D eigenvalue weighted by Gasteiger charge is -2.31. The van der Waals surface area contributed by atoms with Gasteiger partial charge in [-0.25, -0.2) is 0 Å². The van der Waals surface area contributed by atoms with Crippen LogP contribution in [0.2, 0.25) is 0 Å². The van der Waals surface area contributed by atoms with Gasteiger partial charge in [0.25, 0.3) is 0 Å². The number of hydrogen-bond acceptors (Lipinski definition) is 3. The average Bonchev–Trinajstić information content (AvgIpc) is 2.40. The van der Waals surface area contributed by atoms with Gasteiger partial charge in [0.2, 0.25) is 0 Å². The molecule has 2 unspecified atom stereocenters. The molecule has 1 heterocycles. The minimum atomic E-state index is 0.163. The van der Waals surface area contributed by atoms with Crippen molar-refractivity contribution in [2.75, 3.05) is 6.54 Å². The first-order valence-electron chi connectivity index (χ1n) is 6.86. The van der Waals surface area contributed by atoms with E-state index < -0.39 is 0 Å². The molecule has 0 radical (unpaired) electrons. The molecule has 2 atom stereocenters. The summed E-state index contributed by atoms with van der Waals surface area (Å²) in [5, 5.41) is 14.5. The minimum absolute atomic E-state index is 0.163. The summed E-state index contributed by atoms with van der Waals surface area (Å²) < 4.78 is 0. The Morgan fingerprint density at radius 3 is 2.61 bits per heavy atom. The van der Waals surface area contributed by atoms with E-state index in [2.05, 4.69) is 41.8 Å². The van der Waals surface area contributed by atoms with E-state index in [9.17, 15) is 0 Å². The molecule has 2 rings (SSSR count). The van der Waals surface area contributed by atoms with Crippen molar-refractivity contribution < 1.29 is 0 Å². The second kappa shape index (κ2) is 6.12. The molecule has 1 saturated heterocycles. The van der Waals surface area contributed by atoms with Gasteiger partial charge in [0, 0.05) is 18.3 Å². The molecule has 18 heavy (non-hydrogen) atoms. The Kier molecular flexibility index (Phi) is 4.50. The Balaban J connectivity index is 1.99. The third-order valence-electron chi connectivity index (χ3n) is 3.57. The molecule has 0 spiro atoms. The summed E-state index contributed by atoms with van der Waals surface area (Å²) >= 11 is 0. The molecule has 98 valence electrons. The number of unbranched alkanes of at least 4 members (excludes halogenated alkanes) is 1. The molecule has 0 aliphatic carbocycles. The van der Waals surface area contributed by atoms with Crippen molar-refractivity contribution in [3.05, 3.63) is 35.4 Å². The zero-order valence-corrected chi connectivity index (χ0v) is 11.3. The van der Waals surface area contributed by atoms with Crippen molar-refractivity contribution in [1.29, 1.82) is 5.41 Å². The zero-order valence-electron chi connectivity index (χ0n) is 11.3. The van der Waals surface area contributed by atoms with Crippen LogP contribution in [-0.4, -0.2) is 18.3 Å². The van der Waals surface area contributed by atoms with Crippen LogP contribution in [0.1, 0.15) is 44.0 Å². The first kappa shape index (κ1) is 13.2. The average molecular weight is 245 g/mol. The molecule has 1 aliphatic heterocycles. The van der Waals surface area contributed by atoms with Gasteiger partial charge < -0.3 is 5.41 Å². The highest BCUT2D eigenvalue weighted by molar-refractivity contribution is 5.88. The fourth-order valence-electron chi connectivity index (χ4n) is 2.25. The predicted octanol–water partition coefficient (Wildman–Crippen LogP) is 2.63. The van der Waals surface area contributed by atoms with Crippen molar-refractivity contribution in [3.8, 4) is 0 Å². The monoisotopic (exact) mass is 245 g/mol. The number of rotatable bonds is 4. The Morgan fingerprint density at radius 2 is 2.00 bits per heavy atom. The SMILES string of the molecule is CCCCc1ccc(C2NCC(=N)C(C)N2)cc1. The molecular formula is C15H23N3. The molecule has 1 aromatic rings. The van der Waals surface area contributed by atoms with Gasteiger partial charge in [-0.15, -0.1) is 0 Å². The zero-order chi connectivity index (χ0) is 13.0. The van der Waals surface area contributed by atoms with Crippen LogP contribution in [0.5, 0.6) is 0 Å². The quantitative estimate of drug-likeness (QED) is 0.763. The summed E-state index contributed by atoms with van der Waals surface area (Å²) in [6, 6.07) is 8.99. The van der Waals surface area contributed by atoms with Gasteiger partial charge in [0.05, 0.1) is 6.17 Å². The normalized spacial score (nSPS) is 24.2. The lowest BCUT2D eigenvalue weighted by Crippen LogP contribution is -2.52. The highest BCUT2D eigenvalue weighted by Crippen LogP contribution is 2.16. The lowest BCUT2D eigenvalue weighted by molar-refractivity contribution is 0.416. The second-order valence-electron chi connectivity index (χ2n) is 5.07. The van der Waals surface area contributed by atoms with Gasteiger partial charge in [-0.1, -0.05) is 37.6 Å². The molecule has 3 heteroatoms. The molecule has 1 aliphatic rings. The van der Waals surface area contributed by atoms with Gasteiger partial charge in [-0.2, -0.15) is 0 Å². The molecule has 3 nitrogen and oxygen atoms in total. The third-order valence-corrected chi connectivity index (χ3v) is 3.57. The molecule has 3 N–H and O–H groups in total. The van der Waals surface area contributed by atoms with E-state index in [1.54, 1.807) is 0 Å². The fourth-order valence-corrected chi connectivity index (χ4v) is 2.25. The maximum absolute atomic E-state index is 7.73. The van der Waals surface area contributed by atoms with Crippen molar-refractivity contribution in [3.63, 3.8) is 0 Å². The predicted molar refractivity (Wildman–Crippen MR) is 76.1 cm³/mol. The number of aryl methyl sites for hydroxylation is 1. The topological polar surface area (TPSA) is 47.9 Å². The maximum Gasteiger partial charge on any atom is 0.0843 e. The van der Waals surface area contributed by atoms with E-state index >= 15 is 0 Å². The molecule has 0 aromatic heterocycles. The Hall–Kier alpha value is -1.19. The molecule has 0 amide bonds.